The highest BCUT2D eigenvalue weighted by Gasteiger charge is 1.93. The molecule has 18 heavy (non-hydrogen) atoms. The monoisotopic (exact) mass is 250 g/mol. The second kappa shape index (κ2) is 8.08. The first-order valence-electron chi connectivity index (χ1n) is 5.75. The topological polar surface area (TPSA) is 92.2 Å². The zero-order valence-electron chi connectivity index (χ0n) is 10.3. The smallest absolute Gasteiger partial charge is 0.237 e. The van der Waals surface area contributed by atoms with E-state index in [1.165, 1.54) is 6.21 Å². The van der Waals surface area contributed by atoms with E-state index in [2.05, 4.69) is 17.1 Å². The molecule has 0 aliphatic rings. The molecule has 0 bridgehead atoms. The van der Waals surface area contributed by atoms with Crippen molar-refractivity contribution in [2.75, 3.05) is 6.61 Å². The number of ether oxygens (including phenoxy) is 1. The molecule has 1 rings (SSSR count). The van der Waals surface area contributed by atoms with Gasteiger partial charge in [-0.05, 0) is 36.2 Å². The first-order chi connectivity index (χ1) is 8.76. The fourth-order valence-electron chi connectivity index (χ4n) is 1.16. The van der Waals surface area contributed by atoms with Gasteiger partial charge >= 0.3 is 0 Å². The second-order valence-electron chi connectivity index (χ2n) is 3.61. The summed E-state index contributed by atoms with van der Waals surface area (Å²) >= 11 is 0. The predicted molar refractivity (Wildman–Crippen MR) is 71.0 cm³/mol. The van der Waals surface area contributed by atoms with Crippen molar-refractivity contribution in [1.29, 1.82) is 0 Å². The SMILES string of the molecule is CCCCOc1ccc(/C=N/N=C(\N)NO)cc1. The van der Waals surface area contributed by atoms with Crippen LogP contribution in [0.4, 0.5) is 0 Å². The van der Waals surface area contributed by atoms with Crippen molar-refractivity contribution in [3.63, 3.8) is 0 Å². The van der Waals surface area contributed by atoms with Gasteiger partial charge in [0.1, 0.15) is 5.75 Å². The van der Waals surface area contributed by atoms with E-state index >= 15 is 0 Å². The van der Waals surface area contributed by atoms with Gasteiger partial charge in [0.2, 0.25) is 5.96 Å². The number of benzene rings is 1. The van der Waals surface area contributed by atoms with Crippen LogP contribution in [0.2, 0.25) is 0 Å². The van der Waals surface area contributed by atoms with E-state index in [0.29, 0.717) is 0 Å². The molecule has 0 amide bonds. The Kier molecular flexibility index (Phi) is 6.27. The molecule has 4 N–H and O–H groups in total. The van der Waals surface area contributed by atoms with Crippen LogP contribution in [0.25, 0.3) is 0 Å². The van der Waals surface area contributed by atoms with E-state index in [1.807, 2.05) is 24.3 Å². The van der Waals surface area contributed by atoms with E-state index in [9.17, 15) is 0 Å². The Morgan fingerprint density at radius 2 is 2.17 bits per heavy atom. The molecule has 0 atom stereocenters. The lowest BCUT2D eigenvalue weighted by Gasteiger charge is -2.04. The van der Waals surface area contributed by atoms with Crippen molar-refractivity contribution in [2.45, 2.75) is 19.8 Å². The molecule has 0 heterocycles. The number of rotatable bonds is 6. The summed E-state index contributed by atoms with van der Waals surface area (Å²) in [5.74, 6) is 0.673. The number of nitrogens with one attached hydrogen (secondary N) is 1. The van der Waals surface area contributed by atoms with Crippen LogP contribution in [0.5, 0.6) is 5.75 Å². The van der Waals surface area contributed by atoms with Crippen molar-refractivity contribution in [3.05, 3.63) is 29.8 Å². The van der Waals surface area contributed by atoms with Gasteiger partial charge in [0.25, 0.3) is 0 Å². The zero-order chi connectivity index (χ0) is 13.2. The minimum atomic E-state index is -0.161. The molecule has 0 aliphatic heterocycles. The van der Waals surface area contributed by atoms with E-state index in [1.54, 1.807) is 5.48 Å². The molecule has 1 aromatic carbocycles. The van der Waals surface area contributed by atoms with Crippen molar-refractivity contribution in [2.24, 2.45) is 15.9 Å². The van der Waals surface area contributed by atoms with Gasteiger partial charge in [0, 0.05) is 0 Å². The average Bonchev–Trinajstić information content (AvgIpc) is 2.40. The maximum Gasteiger partial charge on any atom is 0.237 e. The molecular weight excluding hydrogens is 232 g/mol. The first kappa shape index (κ1) is 14.0. The second-order valence-corrected chi connectivity index (χ2v) is 3.61. The van der Waals surface area contributed by atoms with E-state index in [0.717, 1.165) is 30.8 Å². The van der Waals surface area contributed by atoms with E-state index < -0.39 is 0 Å². The number of hydrogen-bond acceptors (Lipinski definition) is 4. The Morgan fingerprint density at radius 3 is 2.78 bits per heavy atom. The van der Waals surface area contributed by atoms with Crippen LogP contribution in [0.15, 0.2) is 34.5 Å². The Hall–Kier alpha value is -2.08. The van der Waals surface area contributed by atoms with Gasteiger partial charge in [-0.3, -0.25) is 5.21 Å². The maximum atomic E-state index is 8.37. The molecule has 6 nitrogen and oxygen atoms in total. The van der Waals surface area contributed by atoms with Crippen LogP contribution in [-0.4, -0.2) is 24.0 Å². The van der Waals surface area contributed by atoms with Crippen LogP contribution in [0, 0.1) is 0 Å². The molecular formula is C12H18N4O2. The third-order valence-corrected chi connectivity index (χ3v) is 2.13. The Bertz CT molecular complexity index is 401. The summed E-state index contributed by atoms with van der Waals surface area (Å²) in [6.07, 6.45) is 3.69. The molecule has 1 aromatic rings. The lowest BCUT2D eigenvalue weighted by atomic mass is 10.2. The third-order valence-electron chi connectivity index (χ3n) is 2.13. The van der Waals surface area contributed by atoms with Crippen LogP contribution < -0.4 is 16.0 Å². The molecule has 0 radical (unpaired) electrons. The maximum absolute atomic E-state index is 8.37. The summed E-state index contributed by atoms with van der Waals surface area (Å²) in [5, 5.41) is 15.6. The lowest BCUT2D eigenvalue weighted by molar-refractivity contribution is 0.232. The van der Waals surface area contributed by atoms with Crippen molar-refractivity contribution in [3.8, 4) is 5.75 Å². The predicted octanol–water partition coefficient (Wildman–Crippen LogP) is 1.49. The van der Waals surface area contributed by atoms with E-state index in [-0.39, 0.29) is 5.96 Å². The standard InChI is InChI=1S/C12H18N4O2/c1-2-3-8-18-11-6-4-10(5-7-11)9-14-15-12(13)16-17/h4-7,9,17H,2-3,8H2,1H3,(H3,13,15,16)/b14-9+. The van der Waals surface area contributed by atoms with Gasteiger partial charge < -0.3 is 10.5 Å². The summed E-state index contributed by atoms with van der Waals surface area (Å²) in [4.78, 5) is 0. The van der Waals surface area contributed by atoms with Gasteiger partial charge in [0.05, 0.1) is 12.8 Å². The molecule has 0 fully saturated rings. The molecule has 0 saturated heterocycles. The average molecular weight is 250 g/mol. The van der Waals surface area contributed by atoms with Gasteiger partial charge in [-0.1, -0.05) is 13.3 Å². The fourth-order valence-corrected chi connectivity index (χ4v) is 1.16. The minimum absolute atomic E-state index is 0.161. The highest BCUT2D eigenvalue weighted by atomic mass is 16.5. The quantitative estimate of drug-likeness (QED) is 0.309. The zero-order valence-corrected chi connectivity index (χ0v) is 10.3. The molecule has 0 aromatic heterocycles. The number of unbranched alkanes of at least 4 members (excludes halogenated alkanes) is 1. The fraction of sp³-hybridized carbons (Fsp3) is 0.333. The molecule has 0 unspecified atom stereocenters. The van der Waals surface area contributed by atoms with Crippen molar-refractivity contribution >= 4 is 12.2 Å². The number of nitrogens with zero attached hydrogens (tertiary/aromatic N) is 2. The van der Waals surface area contributed by atoms with Crippen molar-refractivity contribution < 1.29 is 9.94 Å². The number of hydroxylamine groups is 1. The number of guanidine groups is 1. The highest BCUT2D eigenvalue weighted by molar-refractivity contribution is 5.81. The summed E-state index contributed by atoms with van der Waals surface area (Å²) in [7, 11) is 0. The normalized spacial score (nSPS) is 11.8. The summed E-state index contributed by atoms with van der Waals surface area (Å²) in [5.41, 5.74) is 7.74. The molecule has 0 saturated carbocycles. The van der Waals surface area contributed by atoms with Crippen LogP contribution in [0.1, 0.15) is 25.3 Å². The number of hydrogen-bond donors (Lipinski definition) is 3. The Labute approximate surface area is 106 Å². The van der Waals surface area contributed by atoms with Crippen molar-refractivity contribution in [1.82, 2.24) is 5.48 Å². The number of nitrogens with two attached hydrogens (primary N) is 1. The molecule has 0 spiro atoms. The largest absolute Gasteiger partial charge is 0.494 e. The molecule has 98 valence electrons. The van der Waals surface area contributed by atoms with Gasteiger partial charge in [0.15, 0.2) is 0 Å². The first-order valence-corrected chi connectivity index (χ1v) is 5.75. The van der Waals surface area contributed by atoms with Gasteiger partial charge in [-0.2, -0.15) is 5.10 Å². The van der Waals surface area contributed by atoms with Gasteiger partial charge in [-0.25, -0.2) is 5.48 Å². The third kappa shape index (κ3) is 5.31. The van der Waals surface area contributed by atoms with Crippen LogP contribution in [-0.2, 0) is 0 Å². The molecule has 0 aliphatic carbocycles. The summed E-state index contributed by atoms with van der Waals surface area (Å²) in [6.45, 7) is 2.85. The van der Waals surface area contributed by atoms with Gasteiger partial charge in [-0.15, -0.1) is 5.10 Å². The lowest BCUT2D eigenvalue weighted by Crippen LogP contribution is -2.27. The Balaban J connectivity index is 2.49. The summed E-state index contributed by atoms with van der Waals surface area (Å²) in [6, 6.07) is 7.47. The highest BCUT2D eigenvalue weighted by Crippen LogP contribution is 2.11. The summed E-state index contributed by atoms with van der Waals surface area (Å²) < 4.78 is 5.53. The van der Waals surface area contributed by atoms with E-state index in [4.69, 9.17) is 15.7 Å². The van der Waals surface area contributed by atoms with Crippen LogP contribution in [0.3, 0.4) is 0 Å². The molecule has 6 heteroatoms. The van der Waals surface area contributed by atoms with Crippen LogP contribution >= 0.6 is 0 Å². The Morgan fingerprint density at radius 1 is 1.44 bits per heavy atom. The minimum Gasteiger partial charge on any atom is -0.494 e.